The van der Waals surface area contributed by atoms with Crippen LogP contribution in [-0.2, 0) is 0 Å². The van der Waals surface area contributed by atoms with Crippen molar-refractivity contribution in [2.45, 2.75) is 6.04 Å². The fraction of sp³-hybridized carbons (Fsp3) is 0.250. The number of benzene rings is 2. The molecule has 5 heteroatoms. The van der Waals surface area contributed by atoms with Crippen molar-refractivity contribution in [3.63, 3.8) is 0 Å². The third-order valence-corrected chi connectivity index (χ3v) is 4.62. The average molecular weight is 413 g/mol. The van der Waals surface area contributed by atoms with Crippen molar-refractivity contribution in [1.29, 1.82) is 0 Å². The van der Waals surface area contributed by atoms with E-state index in [1.807, 2.05) is 31.3 Å². The topological polar surface area (TPSA) is 30.5 Å². The molecule has 0 radical (unpaired) electrons. The van der Waals surface area contributed by atoms with Gasteiger partial charge < -0.3 is 14.8 Å². The van der Waals surface area contributed by atoms with Crippen LogP contribution in [-0.4, -0.2) is 20.3 Å². The lowest BCUT2D eigenvalue weighted by Crippen LogP contribution is -2.20. The van der Waals surface area contributed by atoms with E-state index >= 15 is 0 Å². The summed E-state index contributed by atoms with van der Waals surface area (Å²) in [6.45, 7) is 1.19. The fourth-order valence-electron chi connectivity index (χ4n) is 2.49. The molecule has 1 N–H and O–H groups in total. The van der Waals surface area contributed by atoms with Gasteiger partial charge in [-0.15, -0.1) is 0 Å². The van der Waals surface area contributed by atoms with E-state index in [1.54, 1.807) is 0 Å². The molecular formula is C16H15Br2NO2. The summed E-state index contributed by atoms with van der Waals surface area (Å²) in [4.78, 5) is 0. The Morgan fingerprint density at radius 2 is 1.76 bits per heavy atom. The molecule has 0 amide bonds. The summed E-state index contributed by atoms with van der Waals surface area (Å²) >= 11 is 7.17. The van der Waals surface area contributed by atoms with Gasteiger partial charge in [-0.25, -0.2) is 0 Å². The van der Waals surface area contributed by atoms with E-state index in [0.717, 1.165) is 26.0 Å². The van der Waals surface area contributed by atoms with Gasteiger partial charge in [0.25, 0.3) is 0 Å². The van der Waals surface area contributed by atoms with Crippen molar-refractivity contribution < 1.29 is 9.47 Å². The van der Waals surface area contributed by atoms with Crippen molar-refractivity contribution in [2.24, 2.45) is 0 Å². The normalized spacial score (nSPS) is 14.8. The lowest BCUT2D eigenvalue weighted by Gasteiger charge is -2.24. The Balaban J connectivity index is 2.04. The summed E-state index contributed by atoms with van der Waals surface area (Å²) in [5.41, 5.74) is 2.31. The molecule has 21 heavy (non-hydrogen) atoms. The second-order valence-corrected chi connectivity index (χ2v) is 6.56. The maximum absolute atomic E-state index is 5.69. The molecule has 1 aliphatic rings. The standard InChI is InChI=1S/C16H15Br2NO2/c1-19-16(10-3-2-4-11(17)7-10)12-8-14-15(9-13(12)18)21-6-5-20-14/h2-4,7-9,16,19H,5-6H2,1H3. The second-order valence-electron chi connectivity index (χ2n) is 4.79. The molecule has 1 heterocycles. The molecule has 3 nitrogen and oxygen atoms in total. The highest BCUT2D eigenvalue weighted by Gasteiger charge is 2.20. The number of rotatable bonds is 3. The Kier molecular flexibility index (Phi) is 4.52. The van der Waals surface area contributed by atoms with Gasteiger partial charge >= 0.3 is 0 Å². The minimum absolute atomic E-state index is 0.0766. The Morgan fingerprint density at radius 1 is 1.05 bits per heavy atom. The molecule has 3 rings (SSSR count). The third-order valence-electron chi connectivity index (χ3n) is 3.44. The minimum atomic E-state index is 0.0766. The van der Waals surface area contributed by atoms with Crippen molar-refractivity contribution in [1.82, 2.24) is 5.32 Å². The van der Waals surface area contributed by atoms with Crippen molar-refractivity contribution in [3.05, 3.63) is 56.5 Å². The molecule has 0 spiro atoms. The number of halogens is 2. The van der Waals surface area contributed by atoms with Gasteiger partial charge in [-0.2, -0.15) is 0 Å². The molecule has 1 unspecified atom stereocenters. The van der Waals surface area contributed by atoms with Gasteiger partial charge in [0.05, 0.1) is 6.04 Å². The summed E-state index contributed by atoms with van der Waals surface area (Å²) in [5, 5.41) is 3.36. The van der Waals surface area contributed by atoms with E-state index in [1.165, 1.54) is 5.56 Å². The van der Waals surface area contributed by atoms with Crippen LogP contribution in [0.1, 0.15) is 17.2 Å². The first-order valence-corrected chi connectivity index (χ1v) is 8.29. The highest BCUT2D eigenvalue weighted by molar-refractivity contribution is 9.10. The molecule has 2 aromatic carbocycles. The van der Waals surface area contributed by atoms with E-state index in [-0.39, 0.29) is 6.04 Å². The van der Waals surface area contributed by atoms with E-state index < -0.39 is 0 Å². The maximum Gasteiger partial charge on any atom is 0.162 e. The Labute approximate surface area is 140 Å². The number of hydrogen-bond acceptors (Lipinski definition) is 3. The maximum atomic E-state index is 5.69. The molecule has 0 saturated heterocycles. The van der Waals surface area contributed by atoms with E-state index in [9.17, 15) is 0 Å². The second kappa shape index (κ2) is 6.38. The Hall–Kier alpha value is -1.04. The van der Waals surface area contributed by atoms with Crippen LogP contribution >= 0.6 is 31.9 Å². The van der Waals surface area contributed by atoms with Crippen molar-refractivity contribution in [2.75, 3.05) is 20.3 Å². The molecular weight excluding hydrogens is 398 g/mol. The predicted molar refractivity (Wildman–Crippen MR) is 90.2 cm³/mol. The van der Waals surface area contributed by atoms with Gasteiger partial charge in [-0.05, 0) is 42.4 Å². The van der Waals surface area contributed by atoms with E-state index in [4.69, 9.17) is 9.47 Å². The van der Waals surface area contributed by atoms with E-state index in [0.29, 0.717) is 13.2 Å². The quantitative estimate of drug-likeness (QED) is 0.815. The van der Waals surface area contributed by atoms with Crippen LogP contribution in [0.2, 0.25) is 0 Å². The molecule has 0 bridgehead atoms. The van der Waals surface area contributed by atoms with Crippen LogP contribution in [0.25, 0.3) is 0 Å². The van der Waals surface area contributed by atoms with Gasteiger partial charge in [-0.3, -0.25) is 0 Å². The monoisotopic (exact) mass is 411 g/mol. The smallest absolute Gasteiger partial charge is 0.162 e. The summed E-state index contributed by atoms with van der Waals surface area (Å²) in [6.07, 6.45) is 0. The summed E-state index contributed by atoms with van der Waals surface area (Å²) in [7, 11) is 1.95. The van der Waals surface area contributed by atoms with Crippen LogP contribution in [0.3, 0.4) is 0 Å². The molecule has 1 atom stereocenters. The zero-order valence-corrected chi connectivity index (χ0v) is 14.7. The highest BCUT2D eigenvalue weighted by atomic mass is 79.9. The largest absolute Gasteiger partial charge is 0.486 e. The summed E-state index contributed by atoms with van der Waals surface area (Å²) < 4.78 is 13.4. The van der Waals surface area contributed by atoms with Crippen LogP contribution < -0.4 is 14.8 Å². The number of nitrogens with one attached hydrogen (secondary N) is 1. The van der Waals surface area contributed by atoms with Gasteiger partial charge in [0.15, 0.2) is 11.5 Å². The molecule has 110 valence electrons. The summed E-state index contributed by atoms with van der Waals surface area (Å²) in [6, 6.07) is 12.4. The molecule has 0 aromatic heterocycles. The lowest BCUT2D eigenvalue weighted by molar-refractivity contribution is 0.171. The first kappa shape index (κ1) is 14.9. The SMILES string of the molecule is CNC(c1cccc(Br)c1)c1cc2c(cc1Br)OCCO2. The van der Waals surface area contributed by atoms with Gasteiger partial charge in [0, 0.05) is 8.95 Å². The number of ether oxygens (including phenoxy) is 2. The first-order chi connectivity index (χ1) is 10.2. The van der Waals surface area contributed by atoms with Crippen LogP contribution in [0.4, 0.5) is 0 Å². The third kappa shape index (κ3) is 3.10. The van der Waals surface area contributed by atoms with Crippen LogP contribution in [0, 0.1) is 0 Å². The number of fused-ring (bicyclic) bond motifs is 1. The summed E-state index contributed by atoms with van der Waals surface area (Å²) in [5.74, 6) is 1.59. The Bertz CT molecular complexity index is 661. The lowest BCUT2D eigenvalue weighted by atomic mass is 9.98. The van der Waals surface area contributed by atoms with Crippen molar-refractivity contribution >= 4 is 31.9 Å². The van der Waals surface area contributed by atoms with Crippen LogP contribution in [0.5, 0.6) is 11.5 Å². The average Bonchev–Trinajstić information content (AvgIpc) is 2.48. The highest BCUT2D eigenvalue weighted by Crippen LogP contribution is 2.39. The van der Waals surface area contributed by atoms with Gasteiger partial charge in [0.1, 0.15) is 13.2 Å². The molecule has 1 aliphatic heterocycles. The molecule has 0 fully saturated rings. The van der Waals surface area contributed by atoms with E-state index in [2.05, 4.69) is 49.3 Å². The number of hydrogen-bond donors (Lipinski definition) is 1. The zero-order valence-electron chi connectivity index (χ0n) is 11.5. The fourth-order valence-corrected chi connectivity index (χ4v) is 3.46. The van der Waals surface area contributed by atoms with Gasteiger partial charge in [-0.1, -0.05) is 44.0 Å². The minimum Gasteiger partial charge on any atom is -0.486 e. The predicted octanol–water partition coefficient (Wildman–Crippen LogP) is 4.29. The van der Waals surface area contributed by atoms with Crippen molar-refractivity contribution in [3.8, 4) is 11.5 Å². The molecule has 2 aromatic rings. The zero-order chi connectivity index (χ0) is 14.8. The Morgan fingerprint density at radius 3 is 2.43 bits per heavy atom. The molecule has 0 aliphatic carbocycles. The van der Waals surface area contributed by atoms with Crippen LogP contribution in [0.15, 0.2) is 45.3 Å². The van der Waals surface area contributed by atoms with Gasteiger partial charge in [0.2, 0.25) is 0 Å². The molecule has 0 saturated carbocycles. The first-order valence-electron chi connectivity index (χ1n) is 6.71.